The number of fused-ring (bicyclic) bond motifs is 1. The second-order valence-corrected chi connectivity index (χ2v) is 4.54. The average Bonchev–Trinajstić information content (AvgIpc) is 2.88. The molecule has 17 heavy (non-hydrogen) atoms. The average molecular weight is 247 g/mol. The fourth-order valence-electron chi connectivity index (χ4n) is 1.52. The standard InChI is InChI=1S/C12H13N3OS/c1-3-5-6-7-15-11(9(16)4-2)10-12(17-15)14-8-13-10/h2,6-9,16H,3,5H2,1H3/b7-6+. The van der Waals surface area contributed by atoms with E-state index in [0.29, 0.717) is 11.4 Å². The number of hydrogen-bond donors (Lipinski definition) is 1. The summed E-state index contributed by atoms with van der Waals surface area (Å²) in [7, 11) is 0. The molecular formula is C12H13N3OS. The molecule has 0 fully saturated rings. The highest BCUT2D eigenvalue weighted by Gasteiger charge is 2.23. The summed E-state index contributed by atoms with van der Waals surface area (Å²) >= 11 is 1.43. The van der Waals surface area contributed by atoms with E-state index in [1.807, 2.05) is 16.2 Å². The van der Waals surface area contributed by atoms with Crippen LogP contribution >= 0.6 is 11.5 Å². The number of unbranched alkanes of at least 4 members (excludes halogenated alkanes) is 1. The van der Waals surface area contributed by atoms with Gasteiger partial charge in [-0.2, -0.15) is 0 Å². The van der Waals surface area contributed by atoms with Crippen LogP contribution < -0.4 is 0 Å². The number of allylic oxidation sites excluding steroid dienone is 1. The zero-order valence-electron chi connectivity index (χ0n) is 9.50. The van der Waals surface area contributed by atoms with E-state index in [-0.39, 0.29) is 0 Å². The number of hydrogen-bond acceptors (Lipinski definition) is 4. The Kier molecular flexibility index (Phi) is 3.57. The molecule has 88 valence electrons. The molecule has 4 nitrogen and oxygen atoms in total. The second kappa shape index (κ2) is 5.13. The van der Waals surface area contributed by atoms with Crippen LogP contribution in [-0.2, 0) is 0 Å². The molecule has 0 aromatic rings. The molecule has 0 aromatic heterocycles. The third kappa shape index (κ3) is 2.23. The number of aliphatic hydroxyl groups excluding tert-OH is 1. The van der Waals surface area contributed by atoms with Crippen LogP contribution in [0.15, 0.2) is 12.4 Å². The van der Waals surface area contributed by atoms with Crippen LogP contribution in [0.25, 0.3) is 16.9 Å². The first-order valence-corrected chi connectivity index (χ1v) is 6.18. The van der Waals surface area contributed by atoms with Gasteiger partial charge in [0, 0.05) is 6.20 Å². The maximum atomic E-state index is 9.82. The molecule has 0 aromatic carbocycles. The molecule has 0 bridgehead atoms. The normalized spacial score (nSPS) is 13.2. The largest absolute Gasteiger partial charge is 0.374 e. The van der Waals surface area contributed by atoms with Crippen LogP contribution in [0.1, 0.15) is 31.6 Å². The second-order valence-electron chi connectivity index (χ2n) is 3.57. The minimum absolute atomic E-state index is 0.623. The lowest BCUT2D eigenvalue weighted by Crippen LogP contribution is -2.00. The third-order valence-electron chi connectivity index (χ3n) is 2.34. The van der Waals surface area contributed by atoms with Gasteiger partial charge in [0.1, 0.15) is 17.7 Å². The summed E-state index contributed by atoms with van der Waals surface area (Å²) in [5, 5.41) is 10.6. The Balaban J connectivity index is 2.43. The fourth-order valence-corrected chi connectivity index (χ4v) is 2.48. The Hall–Kier alpha value is -1.64. The van der Waals surface area contributed by atoms with Crippen LogP contribution in [0.5, 0.6) is 0 Å². The number of aliphatic hydroxyl groups is 1. The molecule has 0 saturated carbocycles. The van der Waals surface area contributed by atoms with Gasteiger partial charge in [-0.1, -0.05) is 25.3 Å². The van der Waals surface area contributed by atoms with Crippen molar-refractivity contribution in [3.05, 3.63) is 18.1 Å². The van der Waals surface area contributed by atoms with Gasteiger partial charge in [-0.3, -0.25) is 3.96 Å². The number of aromatic nitrogens is 3. The molecule has 1 N–H and O–H groups in total. The molecule has 0 aliphatic carbocycles. The van der Waals surface area contributed by atoms with E-state index in [9.17, 15) is 5.11 Å². The Labute approximate surface area is 104 Å². The molecule has 1 unspecified atom stereocenters. The molecule has 5 heteroatoms. The maximum Gasteiger partial charge on any atom is 0.162 e. The zero-order chi connectivity index (χ0) is 12.3. The van der Waals surface area contributed by atoms with E-state index in [2.05, 4.69) is 22.8 Å². The van der Waals surface area contributed by atoms with Gasteiger partial charge in [0.2, 0.25) is 0 Å². The van der Waals surface area contributed by atoms with E-state index in [0.717, 1.165) is 17.8 Å². The van der Waals surface area contributed by atoms with Gasteiger partial charge < -0.3 is 5.11 Å². The van der Waals surface area contributed by atoms with E-state index in [4.69, 9.17) is 6.42 Å². The monoisotopic (exact) mass is 247 g/mol. The van der Waals surface area contributed by atoms with Crippen molar-refractivity contribution in [2.24, 2.45) is 0 Å². The fraction of sp³-hybridized carbons (Fsp3) is 0.333. The van der Waals surface area contributed by atoms with Crippen molar-refractivity contribution in [3.63, 3.8) is 0 Å². The van der Waals surface area contributed by atoms with Crippen molar-refractivity contribution in [2.75, 3.05) is 0 Å². The highest BCUT2D eigenvalue weighted by Crippen LogP contribution is 2.33. The van der Waals surface area contributed by atoms with Gasteiger partial charge in [-0.25, -0.2) is 9.97 Å². The number of terminal acetylenes is 1. The van der Waals surface area contributed by atoms with E-state index >= 15 is 0 Å². The first kappa shape index (κ1) is 11.8. The smallest absolute Gasteiger partial charge is 0.162 e. The van der Waals surface area contributed by atoms with Gasteiger partial charge in [0.25, 0.3) is 0 Å². The lowest BCUT2D eigenvalue weighted by atomic mass is 10.2. The first-order chi connectivity index (χ1) is 8.27. The van der Waals surface area contributed by atoms with Crippen LogP contribution in [-0.4, -0.2) is 19.0 Å². The number of imidazole rings is 1. The summed E-state index contributed by atoms with van der Waals surface area (Å²) in [5.41, 5.74) is 1.30. The summed E-state index contributed by atoms with van der Waals surface area (Å²) in [6.45, 7) is 2.11. The summed E-state index contributed by atoms with van der Waals surface area (Å²) in [6, 6.07) is 0. The molecule has 0 saturated heterocycles. The molecule has 2 aliphatic rings. The Morgan fingerprint density at radius 2 is 2.47 bits per heavy atom. The summed E-state index contributed by atoms with van der Waals surface area (Å²) in [6.07, 6.45) is 11.8. The van der Waals surface area contributed by atoms with Crippen molar-refractivity contribution in [1.82, 2.24) is 13.9 Å². The molecule has 0 spiro atoms. The van der Waals surface area contributed by atoms with Crippen molar-refractivity contribution in [2.45, 2.75) is 25.9 Å². The van der Waals surface area contributed by atoms with Crippen molar-refractivity contribution in [1.29, 1.82) is 0 Å². The first-order valence-electron chi connectivity index (χ1n) is 5.41. The highest BCUT2D eigenvalue weighted by molar-refractivity contribution is 7.10. The summed E-state index contributed by atoms with van der Waals surface area (Å²) < 4.78 is 1.84. The van der Waals surface area contributed by atoms with Crippen LogP contribution in [0.3, 0.4) is 0 Å². The molecule has 2 rings (SSSR count). The molecule has 0 radical (unpaired) electrons. The highest BCUT2D eigenvalue weighted by atomic mass is 32.1. The maximum absolute atomic E-state index is 9.82. The van der Waals surface area contributed by atoms with Crippen molar-refractivity contribution >= 4 is 17.7 Å². The minimum atomic E-state index is -0.952. The van der Waals surface area contributed by atoms with Gasteiger partial charge in [-0.05, 0) is 18.0 Å². The Morgan fingerprint density at radius 1 is 1.65 bits per heavy atom. The van der Waals surface area contributed by atoms with E-state index < -0.39 is 6.10 Å². The van der Waals surface area contributed by atoms with Gasteiger partial charge in [0.05, 0.1) is 0 Å². The zero-order valence-corrected chi connectivity index (χ0v) is 10.3. The van der Waals surface area contributed by atoms with Gasteiger partial charge in [-0.15, -0.1) is 6.42 Å². The molecular weight excluding hydrogens is 234 g/mol. The van der Waals surface area contributed by atoms with Gasteiger partial charge in [0.15, 0.2) is 11.1 Å². The van der Waals surface area contributed by atoms with Crippen LogP contribution in [0.2, 0.25) is 0 Å². The SMILES string of the molecule is C#CC(O)c1c2ncnc-2sn1/C=C/CCC. The lowest BCUT2D eigenvalue weighted by Gasteiger charge is -2.04. The Morgan fingerprint density at radius 3 is 3.18 bits per heavy atom. The van der Waals surface area contributed by atoms with Crippen molar-refractivity contribution in [3.8, 4) is 23.0 Å². The van der Waals surface area contributed by atoms with Crippen molar-refractivity contribution < 1.29 is 5.11 Å². The summed E-state index contributed by atoms with van der Waals surface area (Å²) in [4.78, 5) is 8.24. The number of rotatable bonds is 4. The molecule has 2 aliphatic heterocycles. The van der Waals surface area contributed by atoms with Crippen LogP contribution in [0.4, 0.5) is 0 Å². The lowest BCUT2D eigenvalue weighted by molar-refractivity contribution is 0.233. The number of nitrogens with zero attached hydrogens (tertiary/aromatic N) is 3. The molecule has 0 amide bonds. The molecule has 2 heterocycles. The van der Waals surface area contributed by atoms with E-state index in [1.54, 1.807) is 0 Å². The summed E-state index contributed by atoms with van der Waals surface area (Å²) in [5.74, 6) is 2.32. The Bertz CT molecular complexity index is 535. The van der Waals surface area contributed by atoms with Gasteiger partial charge >= 0.3 is 0 Å². The predicted molar refractivity (Wildman–Crippen MR) is 68.6 cm³/mol. The third-order valence-corrected chi connectivity index (χ3v) is 3.33. The minimum Gasteiger partial charge on any atom is -0.374 e. The topological polar surface area (TPSA) is 50.9 Å². The quantitative estimate of drug-likeness (QED) is 0.844. The van der Waals surface area contributed by atoms with E-state index in [1.165, 1.54) is 17.9 Å². The molecule has 1 atom stereocenters. The van der Waals surface area contributed by atoms with Crippen LogP contribution in [0, 0.1) is 12.3 Å². The predicted octanol–water partition coefficient (Wildman–Crippen LogP) is 2.38.